The molecule has 1 aliphatic heterocycles. The zero-order valence-electron chi connectivity index (χ0n) is 15.0. The lowest BCUT2D eigenvalue weighted by atomic mass is 9.99. The van der Waals surface area contributed by atoms with Crippen molar-refractivity contribution < 1.29 is 4.74 Å². The van der Waals surface area contributed by atoms with Crippen LogP contribution in [0.2, 0.25) is 0 Å². The molecule has 0 amide bonds. The summed E-state index contributed by atoms with van der Waals surface area (Å²) in [4.78, 5) is 11.4. The molecule has 1 fully saturated rings. The van der Waals surface area contributed by atoms with Gasteiger partial charge in [-0.25, -0.2) is 9.98 Å². The van der Waals surface area contributed by atoms with E-state index in [1.807, 2.05) is 18.3 Å². The van der Waals surface area contributed by atoms with Crippen LogP contribution in [0.5, 0.6) is 5.88 Å². The lowest BCUT2D eigenvalue weighted by Gasteiger charge is -2.21. The molecule has 1 aliphatic rings. The van der Waals surface area contributed by atoms with Gasteiger partial charge in [-0.3, -0.25) is 0 Å². The number of hydrogen-bond donors (Lipinski definition) is 1. The van der Waals surface area contributed by atoms with Gasteiger partial charge in [-0.15, -0.1) is 0 Å². The Morgan fingerprint density at radius 2 is 2.12 bits per heavy atom. The summed E-state index contributed by atoms with van der Waals surface area (Å²) < 4.78 is 5.10. The molecule has 1 N–H and O–H groups in total. The number of benzene rings is 1. The number of methoxy groups -OCH3 is 1. The van der Waals surface area contributed by atoms with Gasteiger partial charge in [-0.05, 0) is 24.5 Å². The van der Waals surface area contributed by atoms with Gasteiger partial charge in [0.1, 0.15) is 0 Å². The van der Waals surface area contributed by atoms with E-state index in [1.165, 1.54) is 12.0 Å². The summed E-state index contributed by atoms with van der Waals surface area (Å²) in [5, 5.41) is 3.42. The quantitative estimate of drug-likeness (QED) is 0.672. The fraction of sp³-hybridized carbons (Fsp3) is 0.400. The van der Waals surface area contributed by atoms with Crippen LogP contribution in [-0.4, -0.2) is 42.6 Å². The van der Waals surface area contributed by atoms with Gasteiger partial charge in [0.25, 0.3) is 0 Å². The highest BCUT2D eigenvalue weighted by atomic mass is 16.5. The van der Waals surface area contributed by atoms with Crippen molar-refractivity contribution in [2.24, 2.45) is 4.99 Å². The predicted octanol–water partition coefficient (Wildman–Crippen LogP) is 3.05. The van der Waals surface area contributed by atoms with Gasteiger partial charge < -0.3 is 15.0 Å². The lowest BCUT2D eigenvalue weighted by Crippen LogP contribution is -2.40. The molecule has 132 valence electrons. The molecule has 1 aromatic carbocycles. The summed E-state index contributed by atoms with van der Waals surface area (Å²) >= 11 is 0. The summed E-state index contributed by atoms with van der Waals surface area (Å²) in [6, 6.07) is 14.6. The van der Waals surface area contributed by atoms with Crippen molar-refractivity contribution in [3.05, 3.63) is 59.8 Å². The Morgan fingerprint density at radius 1 is 1.28 bits per heavy atom. The average molecular weight is 338 g/mol. The normalized spacial score (nSPS) is 17.6. The van der Waals surface area contributed by atoms with Gasteiger partial charge in [0.05, 0.1) is 13.7 Å². The smallest absolute Gasteiger partial charge is 0.212 e. The van der Waals surface area contributed by atoms with Crippen molar-refractivity contribution in [2.75, 3.05) is 26.7 Å². The standard InChI is InChI=1S/C20H26N4O/c1-3-21-20(23-14-16-9-10-19(25-2)22-13-16)24-12-11-18(15-24)17-7-5-4-6-8-17/h4-10,13,18H,3,11-12,14-15H2,1-2H3,(H,21,23). The minimum Gasteiger partial charge on any atom is -0.481 e. The molecule has 5 nitrogen and oxygen atoms in total. The number of rotatable bonds is 5. The number of ether oxygens (including phenoxy) is 1. The molecule has 0 aliphatic carbocycles. The summed E-state index contributed by atoms with van der Waals surface area (Å²) in [7, 11) is 1.62. The second-order valence-corrected chi connectivity index (χ2v) is 6.22. The maximum atomic E-state index is 5.10. The molecule has 3 rings (SSSR count). The van der Waals surface area contributed by atoms with Crippen LogP contribution >= 0.6 is 0 Å². The van der Waals surface area contributed by atoms with Gasteiger partial charge in [0.2, 0.25) is 5.88 Å². The minimum absolute atomic E-state index is 0.577. The average Bonchev–Trinajstić information content (AvgIpc) is 3.16. The van der Waals surface area contributed by atoms with Crippen LogP contribution in [0.15, 0.2) is 53.7 Å². The third-order valence-corrected chi connectivity index (χ3v) is 4.51. The molecule has 0 radical (unpaired) electrons. The van der Waals surface area contributed by atoms with Crippen LogP contribution in [0, 0.1) is 0 Å². The summed E-state index contributed by atoms with van der Waals surface area (Å²) in [5.74, 6) is 2.19. The van der Waals surface area contributed by atoms with Gasteiger partial charge in [-0.2, -0.15) is 0 Å². The summed E-state index contributed by atoms with van der Waals surface area (Å²) in [6.45, 7) is 5.64. The first-order valence-electron chi connectivity index (χ1n) is 8.87. The van der Waals surface area contributed by atoms with E-state index in [4.69, 9.17) is 9.73 Å². The third-order valence-electron chi connectivity index (χ3n) is 4.51. The zero-order valence-corrected chi connectivity index (χ0v) is 15.0. The lowest BCUT2D eigenvalue weighted by molar-refractivity contribution is 0.397. The van der Waals surface area contributed by atoms with E-state index >= 15 is 0 Å². The van der Waals surface area contributed by atoms with Crippen LogP contribution in [-0.2, 0) is 6.54 Å². The molecule has 0 bridgehead atoms. The van der Waals surface area contributed by atoms with Crippen molar-refractivity contribution in [1.82, 2.24) is 15.2 Å². The number of nitrogens with zero attached hydrogens (tertiary/aromatic N) is 3. The molecule has 1 aromatic heterocycles. The number of hydrogen-bond acceptors (Lipinski definition) is 3. The first kappa shape index (κ1) is 17.3. The first-order valence-corrected chi connectivity index (χ1v) is 8.87. The molecule has 1 atom stereocenters. The molecule has 25 heavy (non-hydrogen) atoms. The Balaban J connectivity index is 1.66. The van der Waals surface area contributed by atoms with E-state index in [2.05, 4.69) is 52.5 Å². The molecule has 2 heterocycles. The maximum Gasteiger partial charge on any atom is 0.212 e. The highest BCUT2D eigenvalue weighted by Gasteiger charge is 2.25. The van der Waals surface area contributed by atoms with Crippen molar-refractivity contribution in [3.8, 4) is 5.88 Å². The number of aromatic nitrogens is 1. The SMILES string of the molecule is CCNC(=NCc1ccc(OC)nc1)N1CCC(c2ccccc2)C1. The van der Waals surface area contributed by atoms with Crippen LogP contribution in [0.3, 0.4) is 0 Å². The second kappa shape index (κ2) is 8.51. The van der Waals surface area contributed by atoms with E-state index < -0.39 is 0 Å². The van der Waals surface area contributed by atoms with Gasteiger partial charge in [0, 0.05) is 37.8 Å². The molecule has 2 aromatic rings. The highest BCUT2D eigenvalue weighted by Crippen LogP contribution is 2.26. The van der Waals surface area contributed by atoms with E-state index in [9.17, 15) is 0 Å². The van der Waals surface area contributed by atoms with Crippen LogP contribution < -0.4 is 10.1 Å². The number of nitrogens with one attached hydrogen (secondary N) is 1. The number of guanidine groups is 1. The van der Waals surface area contributed by atoms with Crippen molar-refractivity contribution in [2.45, 2.75) is 25.8 Å². The van der Waals surface area contributed by atoms with E-state index in [0.29, 0.717) is 18.3 Å². The third kappa shape index (κ3) is 4.50. The van der Waals surface area contributed by atoms with Gasteiger partial charge in [0.15, 0.2) is 5.96 Å². The molecule has 0 saturated carbocycles. The predicted molar refractivity (Wildman–Crippen MR) is 101 cm³/mol. The van der Waals surface area contributed by atoms with Crippen LogP contribution in [0.25, 0.3) is 0 Å². The van der Waals surface area contributed by atoms with E-state index in [1.54, 1.807) is 7.11 Å². The van der Waals surface area contributed by atoms with Crippen LogP contribution in [0.4, 0.5) is 0 Å². The Bertz CT molecular complexity index is 685. The zero-order chi connectivity index (χ0) is 17.5. The summed E-state index contributed by atoms with van der Waals surface area (Å²) in [6.07, 6.45) is 2.99. The Kier molecular flexibility index (Phi) is 5.88. The fourth-order valence-corrected chi connectivity index (χ4v) is 3.17. The Morgan fingerprint density at radius 3 is 2.80 bits per heavy atom. The van der Waals surface area contributed by atoms with Gasteiger partial charge in [-0.1, -0.05) is 36.4 Å². The largest absolute Gasteiger partial charge is 0.481 e. The monoisotopic (exact) mass is 338 g/mol. The maximum absolute atomic E-state index is 5.10. The van der Waals surface area contributed by atoms with E-state index in [-0.39, 0.29) is 0 Å². The van der Waals surface area contributed by atoms with Crippen molar-refractivity contribution in [1.29, 1.82) is 0 Å². The van der Waals surface area contributed by atoms with E-state index in [0.717, 1.165) is 31.2 Å². The molecular formula is C20H26N4O. The van der Waals surface area contributed by atoms with Crippen molar-refractivity contribution >= 4 is 5.96 Å². The molecule has 0 spiro atoms. The number of pyridine rings is 1. The minimum atomic E-state index is 0.577. The summed E-state index contributed by atoms with van der Waals surface area (Å²) in [5.41, 5.74) is 2.50. The number of likely N-dealkylation sites (tertiary alicyclic amines) is 1. The molecule has 5 heteroatoms. The van der Waals surface area contributed by atoms with Gasteiger partial charge >= 0.3 is 0 Å². The first-order chi connectivity index (χ1) is 12.3. The molecular weight excluding hydrogens is 312 g/mol. The fourth-order valence-electron chi connectivity index (χ4n) is 3.17. The highest BCUT2D eigenvalue weighted by molar-refractivity contribution is 5.80. The van der Waals surface area contributed by atoms with Crippen LogP contribution in [0.1, 0.15) is 30.4 Å². The molecule has 1 unspecified atom stereocenters. The van der Waals surface area contributed by atoms with Crippen molar-refractivity contribution in [3.63, 3.8) is 0 Å². The number of aliphatic imine (C=N–C) groups is 1. The topological polar surface area (TPSA) is 49.8 Å². The Hall–Kier alpha value is -2.56. The second-order valence-electron chi connectivity index (χ2n) is 6.22. The molecule has 1 saturated heterocycles. The Labute approximate surface area is 149 Å².